The summed E-state index contributed by atoms with van der Waals surface area (Å²) in [4.78, 5) is 31.7. The van der Waals surface area contributed by atoms with Crippen molar-refractivity contribution in [2.75, 3.05) is 7.11 Å². The first-order valence-corrected chi connectivity index (χ1v) is 17.4. The minimum absolute atomic E-state index is 0.243. The van der Waals surface area contributed by atoms with E-state index in [2.05, 4.69) is 61.6 Å². The molecule has 0 fully saturated rings. The Balaban J connectivity index is 0.000000164. The number of esters is 1. The van der Waals surface area contributed by atoms with Gasteiger partial charge in [-0.3, -0.25) is 9.97 Å². The van der Waals surface area contributed by atoms with Crippen LogP contribution in [0.5, 0.6) is 0 Å². The number of nitrogens with zero attached hydrogens (tertiary/aromatic N) is 4. The van der Waals surface area contributed by atoms with Crippen LogP contribution in [0.3, 0.4) is 0 Å². The summed E-state index contributed by atoms with van der Waals surface area (Å²) in [5.41, 5.74) is 8.87. The largest absolute Gasteiger partial charge is 0.478 e. The zero-order chi connectivity index (χ0) is 36.9. The topological polar surface area (TPSA) is 99.2 Å². The van der Waals surface area contributed by atoms with Crippen LogP contribution in [0, 0.1) is 0 Å². The molecule has 8 rings (SSSR count). The van der Waals surface area contributed by atoms with Crippen LogP contribution in [0.25, 0.3) is 33.2 Å². The van der Waals surface area contributed by atoms with Gasteiger partial charge in [-0.15, -0.1) is 0 Å². The summed E-state index contributed by atoms with van der Waals surface area (Å²) in [5.74, 6) is -1.34. The number of halogens is 2. The maximum atomic E-state index is 12.1. The average molecular weight is 740 g/mol. The van der Waals surface area contributed by atoms with E-state index in [1.54, 1.807) is 49.1 Å². The van der Waals surface area contributed by atoms with Crippen molar-refractivity contribution in [3.05, 3.63) is 190 Å². The van der Waals surface area contributed by atoms with Gasteiger partial charge in [-0.25, -0.2) is 9.59 Å². The van der Waals surface area contributed by atoms with E-state index in [9.17, 15) is 14.7 Å². The van der Waals surface area contributed by atoms with E-state index in [4.69, 9.17) is 27.9 Å². The number of fused-ring (bicyclic) bond motifs is 2. The first-order valence-electron chi connectivity index (χ1n) is 16.7. The number of benzene rings is 4. The third-order valence-electron chi connectivity index (χ3n) is 8.96. The van der Waals surface area contributed by atoms with Crippen LogP contribution in [-0.2, 0) is 17.6 Å². The highest BCUT2D eigenvalue weighted by Crippen LogP contribution is 2.27. The maximum absolute atomic E-state index is 12.1. The molecule has 4 aromatic carbocycles. The maximum Gasteiger partial charge on any atom is 0.338 e. The number of carbonyl (C=O) groups excluding carboxylic acids is 1. The van der Waals surface area contributed by atoms with Gasteiger partial charge in [-0.05, 0) is 120 Å². The Morgan fingerprint density at radius 1 is 0.604 bits per heavy atom. The third-order valence-corrected chi connectivity index (χ3v) is 9.43. The normalized spacial score (nSPS) is 10.9. The average Bonchev–Trinajstić information content (AvgIpc) is 3.81. The lowest BCUT2D eigenvalue weighted by atomic mass is 9.99. The lowest BCUT2D eigenvalue weighted by molar-refractivity contribution is 0.0598. The first kappa shape index (κ1) is 35.2. The van der Waals surface area contributed by atoms with Gasteiger partial charge in [-0.2, -0.15) is 0 Å². The summed E-state index contributed by atoms with van der Waals surface area (Å²) in [6.07, 6.45) is 12.3. The molecule has 0 aliphatic heterocycles. The molecule has 4 heterocycles. The molecule has 0 unspecified atom stereocenters. The van der Waals surface area contributed by atoms with Crippen LogP contribution in [0.1, 0.15) is 43.0 Å². The van der Waals surface area contributed by atoms with Gasteiger partial charge in [0.15, 0.2) is 0 Å². The molecule has 4 aromatic heterocycles. The van der Waals surface area contributed by atoms with Crippen LogP contribution < -0.4 is 0 Å². The Kier molecular flexibility index (Phi) is 10.3. The molecular weight excluding hydrogens is 707 g/mol. The number of hydrogen-bond acceptors (Lipinski definition) is 5. The van der Waals surface area contributed by atoms with E-state index < -0.39 is 5.97 Å². The summed E-state index contributed by atoms with van der Waals surface area (Å²) < 4.78 is 9.12. The van der Waals surface area contributed by atoms with Gasteiger partial charge in [0.25, 0.3) is 0 Å². The summed E-state index contributed by atoms with van der Waals surface area (Å²) >= 11 is 12.0. The van der Waals surface area contributed by atoms with E-state index in [0.29, 0.717) is 28.5 Å². The number of carboxylic acids is 1. The van der Waals surface area contributed by atoms with Crippen molar-refractivity contribution in [1.82, 2.24) is 19.1 Å². The number of aromatic carboxylic acids is 1. The molecule has 0 bridgehead atoms. The van der Waals surface area contributed by atoms with Crippen molar-refractivity contribution in [3.8, 4) is 11.4 Å². The SMILES string of the molecule is COC(=O)c1cc(Cl)ccc1Cc1ccc2c(ccn2-c2ccncc2)c1.O=C(O)c1cc(Cl)ccc1Cc1ccc2c(ccn2-c2ccncc2)c1. The Labute approximate surface area is 315 Å². The number of methoxy groups -OCH3 is 1. The molecule has 0 atom stereocenters. The van der Waals surface area contributed by atoms with Gasteiger partial charge in [0, 0.05) is 69.4 Å². The Hall–Kier alpha value is -6.22. The van der Waals surface area contributed by atoms with Crippen molar-refractivity contribution >= 4 is 56.9 Å². The lowest BCUT2D eigenvalue weighted by Gasteiger charge is -2.10. The molecule has 8 aromatic rings. The van der Waals surface area contributed by atoms with Gasteiger partial charge < -0.3 is 19.0 Å². The van der Waals surface area contributed by atoms with Crippen LogP contribution in [0.2, 0.25) is 10.0 Å². The molecular formula is C43H32Cl2N4O4. The lowest BCUT2D eigenvalue weighted by Crippen LogP contribution is -2.06. The quantitative estimate of drug-likeness (QED) is 0.156. The molecule has 1 N–H and O–H groups in total. The number of aromatic nitrogens is 4. The van der Waals surface area contributed by atoms with E-state index in [0.717, 1.165) is 55.4 Å². The van der Waals surface area contributed by atoms with Crippen molar-refractivity contribution in [1.29, 1.82) is 0 Å². The first-order chi connectivity index (χ1) is 25.8. The van der Waals surface area contributed by atoms with Gasteiger partial charge in [-0.1, -0.05) is 47.5 Å². The number of rotatable bonds is 8. The van der Waals surface area contributed by atoms with Crippen LogP contribution in [-0.4, -0.2) is 43.3 Å². The van der Waals surface area contributed by atoms with Crippen molar-refractivity contribution in [2.45, 2.75) is 12.8 Å². The fourth-order valence-electron chi connectivity index (χ4n) is 6.41. The smallest absolute Gasteiger partial charge is 0.338 e. The highest BCUT2D eigenvalue weighted by atomic mass is 35.5. The summed E-state index contributed by atoms with van der Waals surface area (Å²) in [5, 5.41) is 12.6. The fraction of sp³-hybridized carbons (Fsp3) is 0.0698. The van der Waals surface area contributed by atoms with E-state index >= 15 is 0 Å². The Bertz CT molecular complexity index is 2580. The van der Waals surface area contributed by atoms with E-state index in [1.807, 2.05) is 48.8 Å². The highest BCUT2D eigenvalue weighted by molar-refractivity contribution is 6.31. The molecule has 0 aliphatic carbocycles. The minimum Gasteiger partial charge on any atom is -0.478 e. The van der Waals surface area contributed by atoms with Crippen LogP contribution >= 0.6 is 23.2 Å². The van der Waals surface area contributed by atoms with Gasteiger partial charge >= 0.3 is 11.9 Å². The Morgan fingerprint density at radius 2 is 1.06 bits per heavy atom. The van der Waals surface area contributed by atoms with Crippen molar-refractivity contribution < 1.29 is 19.4 Å². The summed E-state index contributed by atoms with van der Waals surface area (Å²) in [6.45, 7) is 0. The molecule has 0 amide bonds. The zero-order valence-corrected chi connectivity index (χ0v) is 30.0. The summed E-state index contributed by atoms with van der Waals surface area (Å²) in [7, 11) is 1.38. The molecule has 53 heavy (non-hydrogen) atoms. The standard InChI is InChI=1S/C22H17ClN2O2.C21H15ClN2O2/c1-27-22(26)20-14-18(23)4-3-16(20)12-15-2-5-21-17(13-15)8-11-25(21)19-6-9-24-10-7-19;22-17-3-2-15(19(13-17)21(25)26)11-14-1-4-20-16(12-14)7-10-24(20)18-5-8-23-9-6-18/h2-11,13-14H,12H2,1H3;1-10,12-13H,11H2,(H,25,26). The molecule has 0 radical (unpaired) electrons. The Morgan fingerprint density at radius 3 is 1.51 bits per heavy atom. The van der Waals surface area contributed by atoms with Crippen LogP contribution in [0.4, 0.5) is 0 Å². The van der Waals surface area contributed by atoms with Gasteiger partial charge in [0.2, 0.25) is 0 Å². The molecule has 0 saturated carbocycles. The number of carbonyl (C=O) groups is 2. The number of pyridine rings is 2. The van der Waals surface area contributed by atoms with Crippen molar-refractivity contribution in [3.63, 3.8) is 0 Å². The third kappa shape index (κ3) is 7.84. The minimum atomic E-state index is -0.965. The number of carboxylic acid groups (broad SMARTS) is 1. The zero-order valence-electron chi connectivity index (χ0n) is 28.5. The predicted octanol–water partition coefficient (Wildman–Crippen LogP) is 10.0. The van der Waals surface area contributed by atoms with Crippen molar-refractivity contribution in [2.24, 2.45) is 0 Å². The second-order valence-corrected chi connectivity index (χ2v) is 13.2. The second-order valence-electron chi connectivity index (χ2n) is 12.3. The van der Waals surface area contributed by atoms with E-state index in [1.165, 1.54) is 13.2 Å². The summed E-state index contributed by atoms with van der Waals surface area (Å²) in [6, 6.07) is 34.8. The number of hydrogen-bond donors (Lipinski definition) is 1. The van der Waals surface area contributed by atoms with Gasteiger partial charge in [0.05, 0.1) is 29.3 Å². The van der Waals surface area contributed by atoms with E-state index in [-0.39, 0.29) is 11.5 Å². The predicted molar refractivity (Wildman–Crippen MR) is 209 cm³/mol. The molecule has 10 heteroatoms. The van der Waals surface area contributed by atoms with Gasteiger partial charge in [0.1, 0.15) is 0 Å². The fourth-order valence-corrected chi connectivity index (χ4v) is 6.75. The number of ether oxygens (including phenoxy) is 1. The highest BCUT2D eigenvalue weighted by Gasteiger charge is 2.15. The monoisotopic (exact) mass is 738 g/mol. The second kappa shape index (κ2) is 15.6. The molecule has 0 spiro atoms. The molecule has 0 aliphatic rings. The molecule has 262 valence electrons. The molecule has 0 saturated heterocycles. The van der Waals surface area contributed by atoms with Crippen LogP contribution in [0.15, 0.2) is 146 Å². The molecule has 8 nitrogen and oxygen atoms in total.